The Kier molecular flexibility index (Phi) is 8.32. The molecule has 1 unspecified atom stereocenters. The summed E-state index contributed by atoms with van der Waals surface area (Å²) in [5, 5.41) is -0.214. The molecule has 0 bridgehead atoms. The monoisotopic (exact) mass is 410 g/mol. The van der Waals surface area contributed by atoms with Crippen molar-refractivity contribution in [2.75, 3.05) is 0 Å². The molecule has 0 aromatic heterocycles. The van der Waals surface area contributed by atoms with E-state index in [9.17, 15) is 8.78 Å². The standard InChI is InChI=1S/C25H24F2OS/c26-25(27)17-24(29-19-22-9-5-2-6-10-22)16-13-20-11-14-23(15-12-20)28-18-21-7-3-1-4-8-21/h1-12,14-15,17,24H,13,16,18-19H2. The van der Waals surface area contributed by atoms with Crippen molar-refractivity contribution < 1.29 is 13.5 Å². The molecule has 0 aliphatic heterocycles. The third kappa shape index (κ3) is 7.74. The minimum Gasteiger partial charge on any atom is -0.489 e. The van der Waals surface area contributed by atoms with E-state index in [1.165, 1.54) is 0 Å². The first-order valence-corrected chi connectivity index (χ1v) is 10.7. The van der Waals surface area contributed by atoms with Crippen LogP contribution in [0.15, 0.2) is 97.1 Å². The Hall–Kier alpha value is -2.59. The van der Waals surface area contributed by atoms with Crippen molar-refractivity contribution in [3.8, 4) is 5.75 Å². The maximum Gasteiger partial charge on any atom is 0.267 e. The zero-order valence-corrected chi connectivity index (χ0v) is 17.0. The highest BCUT2D eigenvalue weighted by Gasteiger charge is 2.10. The van der Waals surface area contributed by atoms with Crippen LogP contribution in [0.2, 0.25) is 0 Å². The van der Waals surface area contributed by atoms with Crippen LogP contribution >= 0.6 is 11.8 Å². The van der Waals surface area contributed by atoms with E-state index in [4.69, 9.17) is 4.74 Å². The SMILES string of the molecule is FC(F)=CC(CCc1ccc(OCc2ccccc2)cc1)SCc1ccccc1. The number of hydrogen-bond acceptors (Lipinski definition) is 2. The first-order valence-electron chi connectivity index (χ1n) is 9.63. The first-order chi connectivity index (χ1) is 14.2. The van der Waals surface area contributed by atoms with E-state index in [0.29, 0.717) is 13.0 Å². The van der Waals surface area contributed by atoms with E-state index in [2.05, 4.69) is 0 Å². The van der Waals surface area contributed by atoms with E-state index in [-0.39, 0.29) is 5.25 Å². The van der Waals surface area contributed by atoms with Gasteiger partial charge in [0, 0.05) is 11.0 Å². The zero-order chi connectivity index (χ0) is 20.3. The van der Waals surface area contributed by atoms with Gasteiger partial charge >= 0.3 is 0 Å². The highest BCUT2D eigenvalue weighted by Crippen LogP contribution is 2.25. The van der Waals surface area contributed by atoms with Crippen LogP contribution in [0.4, 0.5) is 8.78 Å². The fourth-order valence-corrected chi connectivity index (χ4v) is 4.02. The Morgan fingerprint density at radius 2 is 1.41 bits per heavy atom. The van der Waals surface area contributed by atoms with Gasteiger partial charge < -0.3 is 4.74 Å². The van der Waals surface area contributed by atoms with E-state index in [1.807, 2.05) is 84.9 Å². The van der Waals surface area contributed by atoms with Crippen molar-refractivity contribution in [2.45, 2.75) is 30.5 Å². The molecule has 1 nitrogen and oxygen atoms in total. The van der Waals surface area contributed by atoms with Crippen molar-refractivity contribution in [1.82, 2.24) is 0 Å². The molecule has 29 heavy (non-hydrogen) atoms. The van der Waals surface area contributed by atoms with Gasteiger partial charge in [-0.05, 0) is 47.7 Å². The molecule has 0 radical (unpaired) electrons. The molecule has 4 heteroatoms. The second kappa shape index (κ2) is 11.4. The van der Waals surface area contributed by atoms with Crippen LogP contribution in [0.25, 0.3) is 0 Å². The molecular formula is C25H24F2OS. The van der Waals surface area contributed by atoms with Gasteiger partial charge in [-0.2, -0.15) is 8.78 Å². The third-order valence-corrected chi connectivity index (χ3v) is 5.81. The molecule has 0 N–H and O–H groups in total. The molecular weight excluding hydrogens is 386 g/mol. The molecule has 3 rings (SSSR count). The molecule has 0 saturated heterocycles. The van der Waals surface area contributed by atoms with Gasteiger partial charge in [-0.3, -0.25) is 0 Å². The average molecular weight is 411 g/mol. The van der Waals surface area contributed by atoms with Gasteiger partial charge in [0.25, 0.3) is 6.08 Å². The van der Waals surface area contributed by atoms with Crippen molar-refractivity contribution >= 4 is 11.8 Å². The summed E-state index contributed by atoms with van der Waals surface area (Å²) in [6.07, 6.45) is 0.874. The average Bonchev–Trinajstić information content (AvgIpc) is 2.76. The molecule has 0 aliphatic carbocycles. The van der Waals surface area contributed by atoms with E-state index >= 15 is 0 Å². The van der Waals surface area contributed by atoms with E-state index < -0.39 is 6.08 Å². The molecule has 150 valence electrons. The number of aryl methyl sites for hydroxylation is 1. The van der Waals surface area contributed by atoms with Gasteiger partial charge in [0.05, 0.1) is 0 Å². The van der Waals surface area contributed by atoms with Gasteiger partial charge in [-0.15, -0.1) is 11.8 Å². The van der Waals surface area contributed by atoms with Gasteiger partial charge in [-0.25, -0.2) is 0 Å². The topological polar surface area (TPSA) is 9.23 Å². The van der Waals surface area contributed by atoms with Crippen LogP contribution in [0.3, 0.4) is 0 Å². The fourth-order valence-electron chi connectivity index (χ4n) is 2.93. The van der Waals surface area contributed by atoms with Crippen molar-refractivity contribution in [3.63, 3.8) is 0 Å². The predicted octanol–water partition coefficient (Wildman–Crippen LogP) is 7.28. The lowest BCUT2D eigenvalue weighted by Crippen LogP contribution is -2.02. The summed E-state index contributed by atoms with van der Waals surface area (Å²) >= 11 is 1.55. The van der Waals surface area contributed by atoms with Crippen LogP contribution in [0.1, 0.15) is 23.1 Å². The fraction of sp³-hybridized carbons (Fsp3) is 0.200. The Labute approximate surface area is 175 Å². The minimum absolute atomic E-state index is 0.214. The lowest BCUT2D eigenvalue weighted by molar-refractivity contribution is 0.306. The number of halogens is 2. The van der Waals surface area contributed by atoms with Gasteiger partial charge in [-0.1, -0.05) is 72.8 Å². The summed E-state index contributed by atoms with van der Waals surface area (Å²) in [6, 6.07) is 27.9. The Morgan fingerprint density at radius 3 is 2.03 bits per heavy atom. The number of ether oxygens (including phenoxy) is 1. The number of thioether (sulfide) groups is 1. The number of benzene rings is 3. The van der Waals surface area contributed by atoms with Gasteiger partial charge in [0.2, 0.25) is 0 Å². The molecule has 3 aromatic rings. The summed E-state index contributed by atoms with van der Waals surface area (Å²) in [7, 11) is 0. The molecule has 0 aliphatic rings. The molecule has 1 atom stereocenters. The Morgan fingerprint density at radius 1 is 0.793 bits per heavy atom. The minimum atomic E-state index is -1.61. The zero-order valence-electron chi connectivity index (χ0n) is 16.1. The van der Waals surface area contributed by atoms with Crippen LogP contribution < -0.4 is 4.74 Å². The van der Waals surface area contributed by atoms with Crippen LogP contribution in [-0.4, -0.2) is 5.25 Å². The summed E-state index contributed by atoms with van der Waals surface area (Å²) in [5.41, 5.74) is 3.39. The Bertz CT molecular complexity index is 876. The number of hydrogen-bond donors (Lipinski definition) is 0. The van der Waals surface area contributed by atoms with Crippen molar-refractivity contribution in [2.24, 2.45) is 0 Å². The third-order valence-electron chi connectivity index (χ3n) is 4.51. The van der Waals surface area contributed by atoms with E-state index in [0.717, 1.165) is 40.7 Å². The van der Waals surface area contributed by atoms with Crippen molar-refractivity contribution in [3.05, 3.63) is 114 Å². The van der Waals surface area contributed by atoms with Crippen LogP contribution in [0.5, 0.6) is 5.75 Å². The summed E-state index contributed by atoms with van der Waals surface area (Å²) in [5.74, 6) is 1.53. The summed E-state index contributed by atoms with van der Waals surface area (Å²) in [6.45, 7) is 0.527. The lowest BCUT2D eigenvalue weighted by atomic mass is 10.1. The molecule has 0 amide bonds. The van der Waals surface area contributed by atoms with Gasteiger partial charge in [0.15, 0.2) is 0 Å². The van der Waals surface area contributed by atoms with Gasteiger partial charge in [0.1, 0.15) is 12.4 Å². The second-order valence-electron chi connectivity index (χ2n) is 6.75. The highest BCUT2D eigenvalue weighted by atomic mass is 32.2. The molecule has 3 aromatic carbocycles. The van der Waals surface area contributed by atoms with Crippen molar-refractivity contribution in [1.29, 1.82) is 0 Å². The quantitative estimate of drug-likeness (QED) is 0.347. The molecule has 0 saturated carbocycles. The molecule has 0 fully saturated rings. The van der Waals surface area contributed by atoms with Crippen LogP contribution in [0, 0.1) is 0 Å². The molecule has 0 heterocycles. The summed E-state index contributed by atoms with van der Waals surface area (Å²) < 4.78 is 31.5. The Balaban J connectivity index is 1.50. The lowest BCUT2D eigenvalue weighted by Gasteiger charge is -2.13. The maximum atomic E-state index is 12.8. The smallest absolute Gasteiger partial charge is 0.267 e. The normalized spacial score (nSPS) is 11.7. The largest absolute Gasteiger partial charge is 0.489 e. The highest BCUT2D eigenvalue weighted by molar-refractivity contribution is 7.99. The maximum absolute atomic E-state index is 12.8. The molecule has 0 spiro atoms. The number of rotatable bonds is 10. The first kappa shape index (κ1) is 21.1. The summed E-state index contributed by atoms with van der Waals surface area (Å²) in [4.78, 5) is 0. The second-order valence-corrected chi connectivity index (χ2v) is 7.98. The van der Waals surface area contributed by atoms with E-state index in [1.54, 1.807) is 11.8 Å². The predicted molar refractivity (Wildman–Crippen MR) is 117 cm³/mol. The van der Waals surface area contributed by atoms with Crippen LogP contribution in [-0.2, 0) is 18.8 Å².